The number of hydrogen-bond donors (Lipinski definition) is 1. The van der Waals surface area contributed by atoms with Crippen molar-refractivity contribution in [3.8, 4) is 0 Å². The normalized spacial score (nSPS) is 7.67. The van der Waals surface area contributed by atoms with E-state index in [2.05, 4.69) is 0 Å². The molecular weight excluding hydrogens is 245 g/mol. The van der Waals surface area contributed by atoms with Gasteiger partial charge in [0.15, 0.2) is 0 Å². The molecule has 0 amide bonds. The van der Waals surface area contributed by atoms with E-state index in [1.54, 1.807) is 0 Å². The fourth-order valence-electron chi connectivity index (χ4n) is 0.283. The van der Waals surface area contributed by atoms with Crippen LogP contribution >= 0.6 is 0 Å². The van der Waals surface area contributed by atoms with E-state index in [4.69, 9.17) is 5.11 Å². The molecule has 0 unspecified atom stereocenters. The fraction of sp³-hybridized carbons (Fsp3) is 0.600. The molecule has 0 aromatic rings. The van der Waals surface area contributed by atoms with Crippen molar-refractivity contribution in [2.24, 2.45) is 0 Å². The molecule has 0 aromatic heterocycles. The summed E-state index contributed by atoms with van der Waals surface area (Å²) < 4.78 is 0. The van der Waals surface area contributed by atoms with E-state index >= 15 is 0 Å². The average molecular weight is 255 g/mol. The first kappa shape index (κ1) is 12.4. The number of carbonyl (C=O) groups excluding carboxylic acids is 1. The van der Waals surface area contributed by atoms with Crippen LogP contribution in [0.4, 0.5) is 0 Å². The first-order valence-electron chi connectivity index (χ1n) is 2.34. The van der Waals surface area contributed by atoms with Crippen molar-refractivity contribution in [2.75, 3.05) is 0 Å². The summed E-state index contributed by atoms with van der Waals surface area (Å²) in [7, 11) is 0. The predicted molar refractivity (Wildman–Crippen MR) is 36.1 cm³/mol. The van der Waals surface area contributed by atoms with Crippen molar-refractivity contribution in [1.82, 2.24) is 0 Å². The fourth-order valence-corrected chi connectivity index (χ4v) is 0.283. The molecule has 9 heavy (non-hydrogen) atoms. The van der Waals surface area contributed by atoms with Crippen molar-refractivity contribution >= 4 is 60.6 Å². The third-order valence-corrected chi connectivity index (χ3v) is 0.691. The van der Waals surface area contributed by atoms with Gasteiger partial charge in [0, 0.05) is 6.42 Å². The van der Waals surface area contributed by atoms with Gasteiger partial charge in [-0.05, 0) is 6.92 Å². The first-order valence-corrected chi connectivity index (χ1v) is 2.34. The van der Waals surface area contributed by atoms with Gasteiger partial charge in [0.25, 0.3) is 0 Å². The second-order valence-corrected chi connectivity index (χ2v) is 1.60. The minimum absolute atomic E-state index is 0. The Kier molecular flexibility index (Phi) is 9.40. The van der Waals surface area contributed by atoms with E-state index < -0.39 is 5.97 Å². The van der Waals surface area contributed by atoms with Crippen molar-refractivity contribution in [1.29, 1.82) is 0 Å². The third-order valence-electron chi connectivity index (χ3n) is 0.691. The molecule has 0 aromatic carbocycles. The molecule has 0 aliphatic heterocycles. The number of carboxylic acids is 1. The Morgan fingerprint density at radius 3 is 1.89 bits per heavy atom. The zero-order chi connectivity index (χ0) is 6.57. The van der Waals surface area contributed by atoms with Crippen LogP contribution in [0.15, 0.2) is 0 Å². The molecule has 0 spiro atoms. The van der Waals surface area contributed by atoms with Gasteiger partial charge in [-0.2, -0.15) is 0 Å². The maximum absolute atomic E-state index is 10.1. The van der Waals surface area contributed by atoms with Crippen LogP contribution in [-0.4, -0.2) is 65.7 Å². The number of aliphatic carboxylic acids is 1. The summed E-state index contributed by atoms with van der Waals surface area (Å²) in [4.78, 5) is 19.8. The number of ketones is 1. The number of rotatable bonds is 3. The van der Waals surface area contributed by atoms with Gasteiger partial charge in [-0.1, -0.05) is 0 Å². The van der Waals surface area contributed by atoms with Gasteiger partial charge in [0.2, 0.25) is 0 Å². The van der Waals surface area contributed by atoms with Crippen LogP contribution in [0.25, 0.3) is 0 Å². The zero-order valence-electron chi connectivity index (χ0n) is 4.68. The van der Waals surface area contributed by atoms with E-state index in [0.717, 1.165) is 0 Å². The van der Waals surface area contributed by atoms with Crippen LogP contribution in [0.5, 0.6) is 0 Å². The van der Waals surface area contributed by atoms with E-state index in [1.807, 2.05) is 0 Å². The van der Waals surface area contributed by atoms with E-state index in [9.17, 15) is 9.59 Å². The Balaban J connectivity index is 0. The topological polar surface area (TPSA) is 54.4 Å². The molecule has 3 nitrogen and oxygen atoms in total. The molecule has 4 heteroatoms. The molecular formula is C5H10BaO3. The van der Waals surface area contributed by atoms with Gasteiger partial charge in [-0.25, -0.2) is 0 Å². The molecule has 0 fully saturated rings. The number of hydrogen-bond acceptors (Lipinski definition) is 2. The van der Waals surface area contributed by atoms with Crippen molar-refractivity contribution in [2.45, 2.75) is 19.8 Å². The number of Topliss-reactive ketones (excluding diaryl/α,β-unsaturated/α-hetero) is 1. The molecule has 0 bridgehead atoms. The van der Waals surface area contributed by atoms with Gasteiger partial charge in [-0.3, -0.25) is 4.79 Å². The van der Waals surface area contributed by atoms with Gasteiger partial charge in [0.1, 0.15) is 5.78 Å². The Bertz CT molecular complexity index is 96.8. The van der Waals surface area contributed by atoms with Crippen molar-refractivity contribution < 1.29 is 14.7 Å². The van der Waals surface area contributed by atoms with Gasteiger partial charge < -0.3 is 9.90 Å². The number of carboxylic acid groups (broad SMARTS) is 1. The molecule has 50 valence electrons. The van der Waals surface area contributed by atoms with Gasteiger partial charge in [-0.15, -0.1) is 0 Å². The zero-order valence-corrected chi connectivity index (χ0v) is 4.68. The third kappa shape index (κ3) is 12.0. The summed E-state index contributed by atoms with van der Waals surface area (Å²) in [5, 5.41) is 8.01. The summed E-state index contributed by atoms with van der Waals surface area (Å²) in [6, 6.07) is 0. The Morgan fingerprint density at radius 1 is 1.33 bits per heavy atom. The Morgan fingerprint density at radius 2 is 1.78 bits per heavy atom. The van der Waals surface area contributed by atoms with Crippen molar-refractivity contribution in [3.05, 3.63) is 0 Å². The molecule has 0 atom stereocenters. The van der Waals surface area contributed by atoms with Crippen LogP contribution in [0, 0.1) is 0 Å². The SMILES string of the molecule is CC(=O)CCC(=O)O.[BaH2]. The molecule has 0 saturated heterocycles. The Labute approximate surface area is 93.9 Å². The minimum atomic E-state index is -0.916. The van der Waals surface area contributed by atoms with Crippen LogP contribution in [0.3, 0.4) is 0 Å². The first-order chi connectivity index (χ1) is 3.63. The second kappa shape index (κ2) is 6.83. The average Bonchev–Trinajstić information content (AvgIpc) is 1.61. The molecule has 0 aliphatic rings. The van der Waals surface area contributed by atoms with E-state index in [1.165, 1.54) is 6.92 Å². The summed E-state index contributed by atoms with van der Waals surface area (Å²) in [5.41, 5.74) is 0. The van der Waals surface area contributed by atoms with Crippen LogP contribution in [0.2, 0.25) is 0 Å². The molecule has 0 rings (SSSR count). The quantitative estimate of drug-likeness (QED) is 0.693. The van der Waals surface area contributed by atoms with Crippen molar-refractivity contribution in [3.63, 3.8) is 0 Å². The van der Waals surface area contributed by atoms with E-state index in [0.29, 0.717) is 0 Å². The van der Waals surface area contributed by atoms with Crippen LogP contribution in [0.1, 0.15) is 19.8 Å². The standard InChI is InChI=1S/C5H8O3.Ba.2H/c1-4(6)2-3-5(7)8;;;/h2-3H2,1H3,(H,7,8);;;. The molecule has 0 heterocycles. The summed E-state index contributed by atoms with van der Waals surface area (Å²) in [6.45, 7) is 1.38. The summed E-state index contributed by atoms with van der Waals surface area (Å²) >= 11 is 0. The van der Waals surface area contributed by atoms with Gasteiger partial charge >= 0.3 is 54.9 Å². The second-order valence-electron chi connectivity index (χ2n) is 1.60. The summed E-state index contributed by atoms with van der Waals surface area (Å²) in [6.07, 6.45) is 0.102. The number of carbonyl (C=O) groups is 2. The Hall–Kier alpha value is 0.711. The maximum atomic E-state index is 10.1. The molecule has 0 aliphatic carbocycles. The molecule has 0 saturated carbocycles. The molecule has 0 radical (unpaired) electrons. The van der Waals surface area contributed by atoms with Gasteiger partial charge in [0.05, 0.1) is 6.42 Å². The monoisotopic (exact) mass is 256 g/mol. The predicted octanol–water partition coefficient (Wildman–Crippen LogP) is -0.476. The van der Waals surface area contributed by atoms with E-state index in [-0.39, 0.29) is 67.5 Å². The summed E-state index contributed by atoms with van der Waals surface area (Å²) in [5.74, 6) is -0.993. The molecule has 1 N–H and O–H groups in total. The van der Waals surface area contributed by atoms with Crippen LogP contribution in [-0.2, 0) is 9.59 Å². The van der Waals surface area contributed by atoms with Crippen LogP contribution < -0.4 is 0 Å².